The van der Waals surface area contributed by atoms with Crippen molar-refractivity contribution in [2.24, 2.45) is 0 Å². The predicted molar refractivity (Wildman–Crippen MR) is 70.5 cm³/mol. The number of carbonyl (C=O) groups is 2. The van der Waals surface area contributed by atoms with Gasteiger partial charge in [0.25, 0.3) is 5.91 Å². The molecule has 4 heteroatoms. The average molecular weight is 246 g/mol. The number of benzene rings is 1. The monoisotopic (exact) mass is 246 g/mol. The van der Waals surface area contributed by atoms with Crippen LogP contribution in [0.15, 0.2) is 24.3 Å². The van der Waals surface area contributed by atoms with Crippen molar-refractivity contribution < 1.29 is 9.59 Å². The highest BCUT2D eigenvalue weighted by Gasteiger charge is 2.17. The van der Waals surface area contributed by atoms with Gasteiger partial charge in [-0.25, -0.2) is 0 Å². The minimum absolute atomic E-state index is 0.0610. The molecule has 1 saturated carbocycles. The molecule has 4 nitrogen and oxygen atoms in total. The number of carbonyl (C=O) groups excluding carboxylic acids is 2. The van der Waals surface area contributed by atoms with E-state index in [1.165, 1.54) is 19.8 Å². The van der Waals surface area contributed by atoms with Crippen molar-refractivity contribution in [3.63, 3.8) is 0 Å². The smallest absolute Gasteiger partial charge is 0.251 e. The molecule has 0 spiro atoms. The number of hydrogen-bond acceptors (Lipinski definition) is 2. The highest BCUT2D eigenvalue weighted by atomic mass is 16.2. The van der Waals surface area contributed by atoms with Gasteiger partial charge in [-0.2, -0.15) is 0 Å². The second kappa shape index (κ2) is 5.67. The summed E-state index contributed by atoms with van der Waals surface area (Å²) in [5, 5.41) is 5.70. The summed E-state index contributed by atoms with van der Waals surface area (Å²) in [7, 11) is 0. The van der Waals surface area contributed by atoms with E-state index in [9.17, 15) is 9.59 Å². The summed E-state index contributed by atoms with van der Waals surface area (Å²) in [6, 6.07) is 7.31. The van der Waals surface area contributed by atoms with Crippen LogP contribution in [0.4, 0.5) is 5.69 Å². The maximum atomic E-state index is 12.0. The number of amides is 2. The van der Waals surface area contributed by atoms with E-state index in [1.807, 2.05) is 0 Å². The Morgan fingerprint density at radius 1 is 1.22 bits per heavy atom. The number of hydrogen-bond donors (Lipinski definition) is 2. The van der Waals surface area contributed by atoms with Crippen LogP contribution < -0.4 is 10.6 Å². The predicted octanol–water partition coefficient (Wildman–Crippen LogP) is 2.32. The molecule has 2 N–H and O–H groups in total. The van der Waals surface area contributed by atoms with Crippen LogP contribution in [-0.2, 0) is 4.79 Å². The van der Waals surface area contributed by atoms with Crippen LogP contribution >= 0.6 is 0 Å². The van der Waals surface area contributed by atoms with Crippen molar-refractivity contribution in [1.82, 2.24) is 5.32 Å². The van der Waals surface area contributed by atoms with Gasteiger partial charge in [-0.1, -0.05) is 18.9 Å². The summed E-state index contributed by atoms with van der Waals surface area (Å²) >= 11 is 0. The molecule has 0 atom stereocenters. The molecule has 1 aromatic rings. The summed E-state index contributed by atoms with van der Waals surface area (Å²) in [5.41, 5.74) is 1.25. The fourth-order valence-electron chi connectivity index (χ4n) is 2.28. The van der Waals surface area contributed by atoms with Crippen molar-refractivity contribution in [3.05, 3.63) is 29.8 Å². The van der Waals surface area contributed by atoms with Crippen LogP contribution in [0.5, 0.6) is 0 Å². The van der Waals surface area contributed by atoms with Crippen molar-refractivity contribution in [2.45, 2.75) is 38.6 Å². The Hall–Kier alpha value is -1.84. The van der Waals surface area contributed by atoms with E-state index in [2.05, 4.69) is 10.6 Å². The Balaban J connectivity index is 2.02. The van der Waals surface area contributed by atoms with Crippen molar-refractivity contribution in [2.75, 3.05) is 5.32 Å². The van der Waals surface area contributed by atoms with Crippen molar-refractivity contribution >= 4 is 17.5 Å². The molecule has 0 bridgehead atoms. The molecule has 96 valence electrons. The lowest BCUT2D eigenvalue weighted by Crippen LogP contribution is -2.32. The van der Waals surface area contributed by atoms with Crippen LogP contribution in [0.25, 0.3) is 0 Å². The number of anilines is 1. The van der Waals surface area contributed by atoms with Crippen molar-refractivity contribution in [1.29, 1.82) is 0 Å². The maximum Gasteiger partial charge on any atom is 0.251 e. The molecule has 2 rings (SSSR count). The van der Waals surface area contributed by atoms with Gasteiger partial charge in [0.2, 0.25) is 5.91 Å². The van der Waals surface area contributed by atoms with Gasteiger partial charge in [-0.15, -0.1) is 0 Å². The van der Waals surface area contributed by atoms with Gasteiger partial charge in [0, 0.05) is 24.2 Å². The molecule has 0 heterocycles. The van der Waals surface area contributed by atoms with Crippen LogP contribution in [0, 0.1) is 0 Å². The molecule has 1 aliphatic carbocycles. The lowest BCUT2D eigenvalue weighted by Gasteiger charge is -2.12. The first-order valence-electron chi connectivity index (χ1n) is 6.33. The molecular weight excluding hydrogens is 228 g/mol. The van der Waals surface area contributed by atoms with Gasteiger partial charge < -0.3 is 10.6 Å². The summed E-state index contributed by atoms with van der Waals surface area (Å²) < 4.78 is 0. The fraction of sp³-hybridized carbons (Fsp3) is 0.429. The number of rotatable bonds is 3. The Labute approximate surface area is 107 Å². The molecule has 18 heavy (non-hydrogen) atoms. The minimum atomic E-state index is -0.136. The van der Waals surface area contributed by atoms with E-state index in [4.69, 9.17) is 0 Å². The number of nitrogens with one attached hydrogen (secondary N) is 2. The maximum absolute atomic E-state index is 12.0. The molecule has 2 amide bonds. The third kappa shape index (κ3) is 3.32. The van der Waals surface area contributed by atoms with E-state index in [0.717, 1.165) is 12.8 Å². The fourth-order valence-corrected chi connectivity index (χ4v) is 2.28. The Morgan fingerprint density at radius 3 is 2.61 bits per heavy atom. The molecule has 1 fully saturated rings. The first-order valence-corrected chi connectivity index (χ1v) is 6.33. The Kier molecular flexibility index (Phi) is 3.97. The zero-order valence-corrected chi connectivity index (χ0v) is 10.5. The molecular formula is C14H18N2O2. The first-order chi connectivity index (χ1) is 8.65. The zero-order chi connectivity index (χ0) is 13.0. The van der Waals surface area contributed by atoms with E-state index in [-0.39, 0.29) is 11.8 Å². The van der Waals surface area contributed by atoms with Gasteiger partial charge in [-0.05, 0) is 31.0 Å². The normalized spacial score (nSPS) is 15.4. The van der Waals surface area contributed by atoms with Crippen LogP contribution in [0.3, 0.4) is 0 Å². The summed E-state index contributed by atoms with van der Waals surface area (Å²) in [5.74, 6) is -0.197. The summed E-state index contributed by atoms with van der Waals surface area (Å²) in [4.78, 5) is 23.0. The van der Waals surface area contributed by atoms with Crippen molar-refractivity contribution in [3.8, 4) is 0 Å². The Bertz CT molecular complexity index is 451. The third-order valence-electron chi connectivity index (χ3n) is 3.14. The Morgan fingerprint density at radius 2 is 1.94 bits per heavy atom. The van der Waals surface area contributed by atoms with E-state index in [1.54, 1.807) is 24.3 Å². The molecule has 1 aromatic carbocycles. The molecule has 0 saturated heterocycles. The van der Waals surface area contributed by atoms with Gasteiger partial charge >= 0.3 is 0 Å². The summed E-state index contributed by atoms with van der Waals surface area (Å²) in [6.07, 6.45) is 4.52. The molecule has 1 aliphatic rings. The van der Waals surface area contributed by atoms with Gasteiger partial charge in [0.1, 0.15) is 0 Å². The van der Waals surface area contributed by atoms with Gasteiger partial charge in [0.15, 0.2) is 0 Å². The lowest BCUT2D eigenvalue weighted by atomic mass is 10.1. The van der Waals surface area contributed by atoms with Crippen LogP contribution in [0.1, 0.15) is 43.0 Å². The molecule has 0 unspecified atom stereocenters. The molecule has 0 aliphatic heterocycles. The van der Waals surface area contributed by atoms with Gasteiger partial charge in [-0.3, -0.25) is 9.59 Å². The highest BCUT2D eigenvalue weighted by molar-refractivity contribution is 5.96. The minimum Gasteiger partial charge on any atom is -0.349 e. The van der Waals surface area contributed by atoms with Gasteiger partial charge in [0.05, 0.1) is 0 Å². The van der Waals surface area contributed by atoms with Crippen LogP contribution in [-0.4, -0.2) is 17.9 Å². The lowest BCUT2D eigenvalue weighted by molar-refractivity contribution is -0.114. The highest BCUT2D eigenvalue weighted by Crippen LogP contribution is 2.18. The van der Waals surface area contributed by atoms with E-state index >= 15 is 0 Å². The second-order valence-corrected chi connectivity index (χ2v) is 4.72. The summed E-state index contributed by atoms with van der Waals surface area (Å²) in [6.45, 7) is 1.45. The van der Waals surface area contributed by atoms with E-state index in [0.29, 0.717) is 17.3 Å². The third-order valence-corrected chi connectivity index (χ3v) is 3.14. The first kappa shape index (κ1) is 12.6. The second-order valence-electron chi connectivity index (χ2n) is 4.72. The molecule has 0 aromatic heterocycles. The molecule has 0 radical (unpaired) electrons. The van der Waals surface area contributed by atoms with E-state index < -0.39 is 0 Å². The average Bonchev–Trinajstić information content (AvgIpc) is 2.81. The standard InChI is InChI=1S/C14H18N2O2/c1-10(17)15-13-8-4-5-11(9-13)14(18)16-12-6-2-3-7-12/h4-5,8-9,12H,2-3,6-7H2,1H3,(H,15,17)(H,16,18). The quantitative estimate of drug-likeness (QED) is 0.859. The largest absolute Gasteiger partial charge is 0.349 e. The SMILES string of the molecule is CC(=O)Nc1cccc(C(=O)NC2CCCC2)c1. The van der Waals surface area contributed by atoms with Crippen LogP contribution in [0.2, 0.25) is 0 Å². The zero-order valence-electron chi connectivity index (χ0n) is 10.5. The topological polar surface area (TPSA) is 58.2 Å².